The molecule has 0 saturated heterocycles. The van der Waals surface area contributed by atoms with Crippen molar-refractivity contribution in [3.05, 3.63) is 130 Å². The molecule has 0 spiro atoms. The molecule has 0 radical (unpaired) electrons. The van der Waals surface area contributed by atoms with Crippen molar-refractivity contribution >= 4 is 67.7 Å². The lowest BCUT2D eigenvalue weighted by atomic mass is 10.0. The first kappa shape index (κ1) is 31.2. The molecule has 2 aliphatic carbocycles. The molecule has 232 valence electrons. The van der Waals surface area contributed by atoms with Gasteiger partial charge in [-0.25, -0.2) is 9.98 Å². The van der Waals surface area contributed by atoms with E-state index in [0.717, 1.165) is 48.7 Å². The zero-order chi connectivity index (χ0) is 34.4. The molecule has 49 heavy (non-hydrogen) atoms. The van der Waals surface area contributed by atoms with Crippen LogP contribution in [0, 0.1) is 34.0 Å². The SMILES string of the molecule is CC#N.CC(C)c1ccc(Sc2ccc3c4c(cccc24)C2=NC(=O)C(C#N)=C23)cc1.N#CC1=C2C(=NC1=O)c1cccc3cccc2c13. The summed E-state index contributed by atoms with van der Waals surface area (Å²) in [4.78, 5) is 34.3. The van der Waals surface area contributed by atoms with E-state index in [2.05, 4.69) is 60.2 Å². The first-order valence-electron chi connectivity index (χ1n) is 15.5. The lowest BCUT2D eigenvalue weighted by Gasteiger charge is -2.10. The number of carbonyl (C=O) groups is 2. The number of carbonyl (C=O) groups excluding carboxylic acids is 2. The van der Waals surface area contributed by atoms with E-state index in [4.69, 9.17) is 10.5 Å². The molecule has 0 fully saturated rings. The van der Waals surface area contributed by atoms with Gasteiger partial charge >= 0.3 is 0 Å². The molecule has 0 saturated carbocycles. The van der Waals surface area contributed by atoms with Crippen LogP contribution in [-0.4, -0.2) is 23.2 Å². The van der Waals surface area contributed by atoms with E-state index in [0.29, 0.717) is 28.5 Å². The minimum Gasteiger partial charge on any atom is -0.266 e. The standard InChI is InChI=1S/C24H16N2OS.C15H6N2O.C2H3N/c1-13(2)14-6-8-15(9-7-14)28-20-11-10-17-21-16(20)4-3-5-18(21)23-22(17)19(12-25)24(27)26-23;16-7-11-13-9-5-1-3-8-4-2-6-10(12(8)9)14(13)17-15(11)18;1-2-3/h3-11,13H,1-2H3;1-6H;1H3. The molecule has 0 unspecified atom stereocenters. The fraction of sp³-hybridized carbons (Fsp3) is 0.0976. The maximum Gasteiger partial charge on any atom is 0.288 e. The summed E-state index contributed by atoms with van der Waals surface area (Å²) in [5.41, 5.74) is 8.12. The molecule has 2 aliphatic heterocycles. The smallest absolute Gasteiger partial charge is 0.266 e. The van der Waals surface area contributed by atoms with Crippen LogP contribution >= 0.6 is 11.8 Å². The number of rotatable bonds is 3. The Balaban J connectivity index is 0.000000154. The van der Waals surface area contributed by atoms with E-state index >= 15 is 0 Å². The van der Waals surface area contributed by atoms with E-state index in [-0.39, 0.29) is 11.1 Å². The van der Waals surface area contributed by atoms with Gasteiger partial charge in [-0.05, 0) is 57.0 Å². The van der Waals surface area contributed by atoms with Crippen LogP contribution in [0.5, 0.6) is 0 Å². The summed E-state index contributed by atoms with van der Waals surface area (Å²) in [6.45, 7) is 5.82. The number of nitriles is 3. The van der Waals surface area contributed by atoms with Crippen LogP contribution in [-0.2, 0) is 9.59 Å². The minimum absolute atomic E-state index is 0.150. The second-order valence-corrected chi connectivity index (χ2v) is 13.0. The molecular formula is C41H25N5O2S. The zero-order valence-corrected chi connectivity index (χ0v) is 27.5. The molecule has 0 bridgehead atoms. The van der Waals surface area contributed by atoms with Gasteiger partial charge in [0, 0.05) is 44.4 Å². The topological polar surface area (TPSA) is 130 Å². The highest BCUT2D eigenvalue weighted by Crippen LogP contribution is 2.46. The summed E-state index contributed by atoms with van der Waals surface area (Å²) < 4.78 is 0. The second kappa shape index (κ2) is 12.3. The molecule has 5 aromatic rings. The van der Waals surface area contributed by atoms with Crippen LogP contribution in [0.1, 0.15) is 54.5 Å². The quantitative estimate of drug-likeness (QED) is 0.192. The van der Waals surface area contributed by atoms with Crippen molar-refractivity contribution in [2.75, 3.05) is 0 Å². The number of benzene rings is 5. The number of amides is 2. The molecule has 0 N–H and O–H groups in total. The van der Waals surface area contributed by atoms with Crippen molar-refractivity contribution in [1.29, 1.82) is 15.8 Å². The average Bonchev–Trinajstić information content (AvgIpc) is 3.81. The molecule has 2 amide bonds. The predicted molar refractivity (Wildman–Crippen MR) is 192 cm³/mol. The highest BCUT2D eigenvalue weighted by atomic mass is 32.2. The van der Waals surface area contributed by atoms with Crippen LogP contribution in [0.2, 0.25) is 0 Å². The summed E-state index contributed by atoms with van der Waals surface area (Å²) in [6, 6.07) is 36.5. The molecule has 5 aromatic carbocycles. The number of allylic oxidation sites excluding steroid dienone is 2. The Kier molecular flexibility index (Phi) is 7.85. The van der Waals surface area contributed by atoms with E-state index < -0.39 is 11.8 Å². The molecule has 4 aliphatic rings. The zero-order valence-electron chi connectivity index (χ0n) is 26.7. The molecule has 2 heterocycles. The van der Waals surface area contributed by atoms with Gasteiger partial charge in [0.1, 0.15) is 23.3 Å². The van der Waals surface area contributed by atoms with Gasteiger partial charge in [0.25, 0.3) is 11.8 Å². The summed E-state index contributed by atoms with van der Waals surface area (Å²) in [5, 5.41) is 30.3. The summed E-state index contributed by atoms with van der Waals surface area (Å²) in [5.74, 6) is -0.339. The predicted octanol–water partition coefficient (Wildman–Crippen LogP) is 8.72. The molecule has 0 atom stereocenters. The van der Waals surface area contributed by atoms with Gasteiger partial charge in [-0.3, -0.25) is 9.59 Å². The Labute approximate surface area is 286 Å². The Hall–Kier alpha value is -6.40. The van der Waals surface area contributed by atoms with Crippen molar-refractivity contribution in [3.8, 4) is 18.2 Å². The minimum atomic E-state index is -0.432. The van der Waals surface area contributed by atoms with Gasteiger partial charge in [0.2, 0.25) is 0 Å². The van der Waals surface area contributed by atoms with Gasteiger partial charge in [0.05, 0.1) is 17.5 Å². The van der Waals surface area contributed by atoms with E-state index in [1.54, 1.807) is 17.8 Å². The van der Waals surface area contributed by atoms with Crippen molar-refractivity contribution in [2.24, 2.45) is 9.98 Å². The second-order valence-electron chi connectivity index (χ2n) is 11.9. The van der Waals surface area contributed by atoms with Crippen molar-refractivity contribution < 1.29 is 9.59 Å². The lowest BCUT2D eigenvalue weighted by Crippen LogP contribution is -1.93. The van der Waals surface area contributed by atoms with E-state index in [9.17, 15) is 14.9 Å². The molecule has 7 nitrogen and oxygen atoms in total. The molecule has 8 heteroatoms. The third-order valence-corrected chi connectivity index (χ3v) is 9.86. The monoisotopic (exact) mass is 651 g/mol. The summed E-state index contributed by atoms with van der Waals surface area (Å²) in [7, 11) is 0. The Bertz CT molecular complexity index is 2560. The Morgan fingerprint density at radius 1 is 0.633 bits per heavy atom. The molecule has 9 rings (SSSR count). The fourth-order valence-corrected chi connectivity index (χ4v) is 7.61. The third-order valence-electron chi connectivity index (χ3n) is 8.78. The van der Waals surface area contributed by atoms with Crippen LogP contribution in [0.4, 0.5) is 0 Å². The summed E-state index contributed by atoms with van der Waals surface area (Å²) in [6.07, 6.45) is 0. The van der Waals surface area contributed by atoms with Crippen molar-refractivity contribution in [2.45, 2.75) is 36.5 Å². The number of fused-ring (bicyclic) bond motifs is 6. The van der Waals surface area contributed by atoms with Crippen molar-refractivity contribution in [1.82, 2.24) is 0 Å². The highest BCUT2D eigenvalue weighted by Gasteiger charge is 2.37. The van der Waals surface area contributed by atoms with E-state index in [1.165, 1.54) is 17.4 Å². The van der Waals surface area contributed by atoms with Gasteiger partial charge < -0.3 is 0 Å². The first-order valence-corrected chi connectivity index (χ1v) is 16.4. The first-order chi connectivity index (χ1) is 23.8. The normalized spacial score (nSPS) is 14.4. The van der Waals surface area contributed by atoms with Gasteiger partial charge in [-0.2, -0.15) is 15.8 Å². The number of hydrogen-bond acceptors (Lipinski definition) is 6. The van der Waals surface area contributed by atoms with Crippen LogP contribution < -0.4 is 0 Å². The number of nitrogens with zero attached hydrogens (tertiary/aromatic N) is 5. The van der Waals surface area contributed by atoms with Crippen LogP contribution in [0.3, 0.4) is 0 Å². The summed E-state index contributed by atoms with van der Waals surface area (Å²) >= 11 is 1.73. The average molecular weight is 652 g/mol. The Morgan fingerprint density at radius 2 is 1.14 bits per heavy atom. The maximum absolute atomic E-state index is 12.1. The fourth-order valence-electron chi connectivity index (χ4n) is 6.67. The van der Waals surface area contributed by atoms with Gasteiger partial charge in [-0.1, -0.05) is 98.4 Å². The van der Waals surface area contributed by atoms with Crippen molar-refractivity contribution in [3.63, 3.8) is 0 Å². The van der Waals surface area contributed by atoms with Crippen LogP contribution in [0.25, 0.3) is 32.7 Å². The largest absolute Gasteiger partial charge is 0.288 e. The number of hydrogen-bond donors (Lipinski definition) is 0. The third kappa shape index (κ3) is 4.97. The molecule has 0 aromatic heterocycles. The Morgan fingerprint density at radius 3 is 1.69 bits per heavy atom. The maximum atomic E-state index is 12.1. The number of aliphatic imine (C=N–C) groups is 2. The van der Waals surface area contributed by atoms with Gasteiger partial charge in [0.15, 0.2) is 0 Å². The van der Waals surface area contributed by atoms with Crippen LogP contribution in [0.15, 0.2) is 122 Å². The van der Waals surface area contributed by atoms with Gasteiger partial charge in [-0.15, -0.1) is 0 Å². The highest BCUT2D eigenvalue weighted by molar-refractivity contribution is 7.99. The lowest BCUT2D eigenvalue weighted by molar-refractivity contribution is -0.114. The molecular weight excluding hydrogens is 627 g/mol. The van der Waals surface area contributed by atoms with E-state index in [1.807, 2.05) is 66.7 Å².